The Labute approximate surface area is 136 Å². The van der Waals surface area contributed by atoms with Crippen LogP contribution >= 0.6 is 11.3 Å². The van der Waals surface area contributed by atoms with E-state index in [4.69, 9.17) is 0 Å². The first kappa shape index (κ1) is 13.7. The second-order valence-electron chi connectivity index (χ2n) is 5.20. The zero-order valence-corrected chi connectivity index (χ0v) is 12.8. The summed E-state index contributed by atoms with van der Waals surface area (Å²) in [7, 11) is 0. The highest BCUT2D eigenvalue weighted by Crippen LogP contribution is 2.34. The summed E-state index contributed by atoms with van der Waals surface area (Å²) >= 11 is 1.41. The Kier molecular flexibility index (Phi) is 3.20. The quantitative estimate of drug-likeness (QED) is 0.569. The fourth-order valence-corrected chi connectivity index (χ4v) is 3.30. The van der Waals surface area contributed by atoms with Gasteiger partial charge in [0, 0.05) is 28.7 Å². The molecule has 0 aliphatic carbocycles. The number of hydrogen-bond acceptors (Lipinski definition) is 3. The van der Waals surface area contributed by atoms with Gasteiger partial charge in [0.2, 0.25) is 5.78 Å². The number of rotatable bonds is 3. The van der Waals surface area contributed by atoms with Crippen molar-refractivity contribution in [3.63, 3.8) is 0 Å². The van der Waals surface area contributed by atoms with Crippen LogP contribution in [-0.2, 0) is 4.79 Å². The van der Waals surface area contributed by atoms with E-state index in [9.17, 15) is 9.59 Å². The Balaban J connectivity index is 1.78. The molecule has 0 bridgehead atoms. The fraction of sp³-hybridized carbons (Fsp3) is 0. The molecule has 5 heteroatoms. The monoisotopic (exact) mass is 320 g/mol. The molecule has 1 aliphatic heterocycles. The van der Waals surface area contributed by atoms with Crippen molar-refractivity contribution in [2.75, 3.05) is 5.32 Å². The van der Waals surface area contributed by atoms with Gasteiger partial charge >= 0.3 is 0 Å². The molecule has 4 rings (SSSR count). The Bertz CT molecular complexity index is 922. The first-order valence-electron chi connectivity index (χ1n) is 7.11. The molecule has 112 valence electrons. The number of carbonyl (C=O) groups excluding carboxylic acids is 2. The number of fused-ring (bicyclic) bond motifs is 1. The summed E-state index contributed by atoms with van der Waals surface area (Å²) in [6.45, 7) is 0. The molecule has 3 aromatic rings. The number of hydrogen-bond donors (Lipinski definition) is 2. The summed E-state index contributed by atoms with van der Waals surface area (Å²) in [6.07, 6.45) is 3.59. The Hall–Kier alpha value is -2.92. The first-order chi connectivity index (χ1) is 11.2. The van der Waals surface area contributed by atoms with E-state index in [0.717, 1.165) is 16.9 Å². The molecule has 4 nitrogen and oxygen atoms in total. The lowest BCUT2D eigenvalue weighted by atomic mass is 10.0. The molecule has 1 aromatic carbocycles. The van der Waals surface area contributed by atoms with Crippen molar-refractivity contribution in [1.29, 1.82) is 0 Å². The van der Waals surface area contributed by atoms with Crippen LogP contribution in [-0.4, -0.2) is 16.7 Å². The van der Waals surface area contributed by atoms with E-state index >= 15 is 0 Å². The van der Waals surface area contributed by atoms with Crippen molar-refractivity contribution in [1.82, 2.24) is 4.98 Å². The molecule has 1 aliphatic rings. The second kappa shape index (κ2) is 5.37. The summed E-state index contributed by atoms with van der Waals surface area (Å²) in [4.78, 5) is 28.4. The Morgan fingerprint density at radius 3 is 2.78 bits per heavy atom. The lowest BCUT2D eigenvalue weighted by molar-refractivity contribution is -0.110. The number of ketones is 1. The van der Waals surface area contributed by atoms with Crippen LogP contribution in [0.3, 0.4) is 0 Å². The summed E-state index contributed by atoms with van der Waals surface area (Å²) in [6, 6.07) is 12.7. The number of carbonyl (C=O) groups is 2. The van der Waals surface area contributed by atoms with Crippen LogP contribution < -0.4 is 5.32 Å². The number of amides is 1. The first-order valence-corrected chi connectivity index (χ1v) is 7.99. The van der Waals surface area contributed by atoms with E-state index in [2.05, 4.69) is 10.3 Å². The topological polar surface area (TPSA) is 62.0 Å². The average Bonchev–Trinajstić information content (AvgIpc) is 3.29. The van der Waals surface area contributed by atoms with Crippen molar-refractivity contribution < 1.29 is 9.59 Å². The minimum Gasteiger partial charge on any atom is -0.362 e. The molecule has 3 heterocycles. The van der Waals surface area contributed by atoms with E-state index < -0.39 is 0 Å². The SMILES string of the molecule is O=C1Nc2ccc(C(=O)c3cccs3)cc2/C1=C\c1ccc[nH]1. The molecular formula is C18H12N2O2S. The highest BCUT2D eigenvalue weighted by molar-refractivity contribution is 7.12. The van der Waals surface area contributed by atoms with Crippen molar-refractivity contribution in [3.05, 3.63) is 75.7 Å². The van der Waals surface area contributed by atoms with E-state index in [1.165, 1.54) is 11.3 Å². The standard InChI is InChI=1S/C18H12N2O2S/c21-17(16-4-2-8-23-16)11-5-6-15-13(9-11)14(18(22)20-15)10-12-3-1-7-19-12/h1-10,19H,(H,20,22)/b14-10+. The smallest absolute Gasteiger partial charge is 0.256 e. The van der Waals surface area contributed by atoms with Crippen LogP contribution in [0.4, 0.5) is 5.69 Å². The van der Waals surface area contributed by atoms with E-state index in [-0.39, 0.29) is 11.7 Å². The van der Waals surface area contributed by atoms with Gasteiger partial charge < -0.3 is 10.3 Å². The summed E-state index contributed by atoms with van der Waals surface area (Å²) in [5.74, 6) is -0.184. The summed E-state index contributed by atoms with van der Waals surface area (Å²) in [5, 5.41) is 4.71. The number of aromatic amines is 1. The van der Waals surface area contributed by atoms with E-state index in [1.807, 2.05) is 23.6 Å². The van der Waals surface area contributed by atoms with Crippen molar-refractivity contribution in [2.45, 2.75) is 0 Å². The molecule has 0 saturated heterocycles. The molecule has 2 N–H and O–H groups in total. The highest BCUT2D eigenvalue weighted by Gasteiger charge is 2.25. The lowest BCUT2D eigenvalue weighted by Gasteiger charge is -2.03. The molecule has 2 aromatic heterocycles. The van der Waals surface area contributed by atoms with Crippen LogP contribution in [0, 0.1) is 0 Å². The lowest BCUT2D eigenvalue weighted by Crippen LogP contribution is -2.03. The minimum atomic E-state index is -0.157. The van der Waals surface area contributed by atoms with Gasteiger partial charge in [-0.05, 0) is 47.9 Å². The third kappa shape index (κ3) is 2.41. The molecule has 0 fully saturated rings. The number of nitrogens with one attached hydrogen (secondary N) is 2. The largest absolute Gasteiger partial charge is 0.362 e. The predicted molar refractivity (Wildman–Crippen MR) is 91.5 cm³/mol. The van der Waals surface area contributed by atoms with Gasteiger partial charge in [-0.3, -0.25) is 9.59 Å². The Morgan fingerprint density at radius 1 is 1.13 bits per heavy atom. The number of thiophene rings is 1. The fourth-order valence-electron chi connectivity index (χ4n) is 2.61. The van der Waals surface area contributed by atoms with Gasteiger partial charge in [-0.25, -0.2) is 0 Å². The molecule has 0 unspecified atom stereocenters. The average molecular weight is 320 g/mol. The third-order valence-corrected chi connectivity index (χ3v) is 4.60. The molecular weight excluding hydrogens is 308 g/mol. The van der Waals surface area contributed by atoms with E-state index in [1.54, 1.807) is 36.5 Å². The normalized spacial score (nSPS) is 14.8. The van der Waals surface area contributed by atoms with Gasteiger partial charge in [0.25, 0.3) is 5.91 Å². The van der Waals surface area contributed by atoms with Crippen LogP contribution in [0.15, 0.2) is 54.0 Å². The molecule has 0 radical (unpaired) electrons. The van der Waals surface area contributed by atoms with Crippen molar-refractivity contribution in [3.8, 4) is 0 Å². The van der Waals surface area contributed by atoms with Crippen LogP contribution in [0.1, 0.15) is 26.5 Å². The zero-order valence-electron chi connectivity index (χ0n) is 12.0. The number of H-pyrrole nitrogens is 1. The van der Waals surface area contributed by atoms with Crippen molar-refractivity contribution in [2.24, 2.45) is 0 Å². The van der Waals surface area contributed by atoms with Crippen LogP contribution in [0.2, 0.25) is 0 Å². The van der Waals surface area contributed by atoms with Gasteiger partial charge in [0.1, 0.15) is 0 Å². The van der Waals surface area contributed by atoms with Gasteiger partial charge in [0.05, 0.1) is 10.5 Å². The summed E-state index contributed by atoms with van der Waals surface area (Å²) < 4.78 is 0. The molecule has 1 amide bonds. The van der Waals surface area contributed by atoms with E-state index in [0.29, 0.717) is 16.0 Å². The second-order valence-corrected chi connectivity index (χ2v) is 6.15. The third-order valence-electron chi connectivity index (χ3n) is 3.73. The van der Waals surface area contributed by atoms with Gasteiger partial charge in [-0.2, -0.15) is 0 Å². The van der Waals surface area contributed by atoms with Gasteiger partial charge in [-0.1, -0.05) is 6.07 Å². The number of benzene rings is 1. The molecule has 23 heavy (non-hydrogen) atoms. The highest BCUT2D eigenvalue weighted by atomic mass is 32.1. The molecule has 0 atom stereocenters. The van der Waals surface area contributed by atoms with Crippen molar-refractivity contribution >= 4 is 40.4 Å². The molecule has 0 saturated carbocycles. The Morgan fingerprint density at radius 2 is 2.04 bits per heavy atom. The number of anilines is 1. The molecule has 0 spiro atoms. The predicted octanol–water partition coefficient (Wildman–Crippen LogP) is 3.80. The summed E-state index contributed by atoms with van der Waals surface area (Å²) in [5.41, 5.74) is 3.48. The maximum absolute atomic E-state index is 12.5. The number of aromatic nitrogens is 1. The minimum absolute atomic E-state index is 0.0265. The van der Waals surface area contributed by atoms with Gasteiger partial charge in [-0.15, -0.1) is 11.3 Å². The zero-order chi connectivity index (χ0) is 15.8. The van der Waals surface area contributed by atoms with Crippen LogP contribution in [0.25, 0.3) is 11.6 Å². The maximum Gasteiger partial charge on any atom is 0.256 e. The van der Waals surface area contributed by atoms with Gasteiger partial charge in [0.15, 0.2) is 0 Å². The maximum atomic E-state index is 12.5. The van der Waals surface area contributed by atoms with Crippen LogP contribution in [0.5, 0.6) is 0 Å².